The normalized spacial score (nSPS) is 23.7. The summed E-state index contributed by atoms with van der Waals surface area (Å²) in [6.07, 6.45) is 1.63. The second kappa shape index (κ2) is 6.21. The molecular weight excluding hydrogens is 337 g/mol. The van der Waals surface area contributed by atoms with Crippen LogP contribution in [0.3, 0.4) is 0 Å². The van der Waals surface area contributed by atoms with E-state index in [2.05, 4.69) is 11.8 Å². The highest BCUT2D eigenvalue weighted by Crippen LogP contribution is 2.35. The summed E-state index contributed by atoms with van der Waals surface area (Å²) in [7, 11) is -4.15. The Morgan fingerprint density at radius 3 is 2.71 bits per heavy atom. The van der Waals surface area contributed by atoms with E-state index in [0.717, 1.165) is 26.1 Å². The molecule has 1 aromatic carbocycles. The van der Waals surface area contributed by atoms with Crippen LogP contribution in [0.1, 0.15) is 18.9 Å². The van der Waals surface area contributed by atoms with E-state index >= 15 is 0 Å². The Balaban J connectivity index is 1.83. The average molecular weight is 357 g/mol. The number of carbonyl (C=O) groups is 1. The van der Waals surface area contributed by atoms with Crippen molar-refractivity contribution in [2.24, 2.45) is 5.92 Å². The molecule has 1 amide bonds. The molecule has 2 fully saturated rings. The minimum absolute atomic E-state index is 0.383. The molecule has 7 nitrogen and oxygen atoms in total. The van der Waals surface area contributed by atoms with Gasteiger partial charge in [0, 0.05) is 6.54 Å². The lowest BCUT2D eigenvalue weighted by molar-refractivity contribution is -0.117. The third-order valence-corrected chi connectivity index (χ3v) is 5.89. The number of nitrogens with zero attached hydrogens (tertiary/aromatic N) is 2. The second-order valence-electron chi connectivity index (χ2n) is 6.23. The number of phenolic OH excluding ortho intramolecular Hbond substituents is 1. The van der Waals surface area contributed by atoms with Crippen LogP contribution in [0.2, 0.25) is 0 Å². The standard InChI is InChI=1S/C15H20FN3O4S/c1-2-18-4-3-10(8-18)5-11-6-12(16)15(13(20)7-11)19-9-14(21)17-24(19,22)23/h6-7,10,20H,2-5,8-9H2,1H3,(H,17,21). The van der Waals surface area contributed by atoms with Crippen molar-refractivity contribution in [2.45, 2.75) is 19.8 Å². The fourth-order valence-corrected chi connectivity index (χ4v) is 4.52. The summed E-state index contributed by atoms with van der Waals surface area (Å²) in [5.74, 6) is -1.71. The third-order valence-electron chi connectivity index (χ3n) is 4.51. The van der Waals surface area contributed by atoms with Gasteiger partial charge < -0.3 is 10.0 Å². The molecule has 0 aliphatic carbocycles. The number of rotatable bonds is 4. The number of halogens is 1. The average Bonchev–Trinajstić information content (AvgIpc) is 3.02. The Morgan fingerprint density at radius 1 is 1.42 bits per heavy atom. The van der Waals surface area contributed by atoms with Gasteiger partial charge >= 0.3 is 10.2 Å². The van der Waals surface area contributed by atoms with Crippen LogP contribution >= 0.6 is 0 Å². The van der Waals surface area contributed by atoms with E-state index in [-0.39, 0.29) is 0 Å². The third kappa shape index (κ3) is 3.18. The maximum absolute atomic E-state index is 14.4. The molecule has 1 atom stereocenters. The molecule has 2 heterocycles. The molecule has 2 saturated heterocycles. The van der Waals surface area contributed by atoms with Crippen molar-refractivity contribution in [3.63, 3.8) is 0 Å². The van der Waals surface area contributed by atoms with Gasteiger partial charge in [-0.25, -0.2) is 13.4 Å². The van der Waals surface area contributed by atoms with Crippen molar-refractivity contribution in [1.82, 2.24) is 9.62 Å². The van der Waals surface area contributed by atoms with Gasteiger partial charge in [0.15, 0.2) is 5.82 Å². The SMILES string of the molecule is CCN1CCC(Cc2cc(O)c(N3CC(=O)NS3(=O)=O)c(F)c2)C1. The molecule has 3 rings (SSSR count). The van der Waals surface area contributed by atoms with Crippen LogP contribution in [0.25, 0.3) is 0 Å². The van der Waals surface area contributed by atoms with Crippen LogP contribution in [0.4, 0.5) is 10.1 Å². The highest BCUT2D eigenvalue weighted by Gasteiger charge is 2.37. The summed E-state index contributed by atoms with van der Waals surface area (Å²) in [5.41, 5.74) is 0.131. The predicted molar refractivity (Wildman–Crippen MR) is 86.4 cm³/mol. The number of hydrogen-bond acceptors (Lipinski definition) is 5. The number of phenols is 1. The topological polar surface area (TPSA) is 89.9 Å². The number of benzene rings is 1. The van der Waals surface area contributed by atoms with Crippen LogP contribution in [0.5, 0.6) is 5.75 Å². The Labute approximate surface area is 140 Å². The number of anilines is 1. The molecule has 0 aromatic heterocycles. The van der Waals surface area contributed by atoms with Crippen molar-refractivity contribution < 1.29 is 22.7 Å². The van der Waals surface area contributed by atoms with E-state index in [1.807, 2.05) is 0 Å². The molecule has 0 bridgehead atoms. The van der Waals surface area contributed by atoms with Crippen molar-refractivity contribution in [1.29, 1.82) is 0 Å². The number of aromatic hydroxyl groups is 1. The minimum atomic E-state index is -4.15. The van der Waals surface area contributed by atoms with E-state index in [4.69, 9.17) is 0 Å². The Kier molecular flexibility index (Phi) is 4.39. The van der Waals surface area contributed by atoms with Gasteiger partial charge in [0.25, 0.3) is 5.91 Å². The first-order valence-electron chi connectivity index (χ1n) is 7.87. The number of amides is 1. The molecule has 132 valence electrons. The Bertz CT molecular complexity index is 745. The van der Waals surface area contributed by atoms with E-state index in [1.165, 1.54) is 12.1 Å². The van der Waals surface area contributed by atoms with Gasteiger partial charge in [0.05, 0.1) is 0 Å². The van der Waals surface area contributed by atoms with Crippen molar-refractivity contribution in [3.8, 4) is 5.75 Å². The first-order valence-corrected chi connectivity index (χ1v) is 9.31. The molecule has 2 aliphatic heterocycles. The van der Waals surface area contributed by atoms with E-state index in [0.29, 0.717) is 22.2 Å². The van der Waals surface area contributed by atoms with Crippen LogP contribution in [0, 0.1) is 11.7 Å². The van der Waals surface area contributed by atoms with E-state index in [1.54, 1.807) is 4.72 Å². The fourth-order valence-electron chi connectivity index (χ4n) is 3.35. The fraction of sp³-hybridized carbons (Fsp3) is 0.533. The lowest BCUT2D eigenvalue weighted by Crippen LogP contribution is -2.30. The molecule has 0 spiro atoms. The predicted octanol–water partition coefficient (Wildman–Crippen LogP) is 0.597. The number of carbonyl (C=O) groups excluding carboxylic acids is 1. The zero-order chi connectivity index (χ0) is 17.5. The van der Waals surface area contributed by atoms with Crippen molar-refractivity contribution in [3.05, 3.63) is 23.5 Å². The summed E-state index contributed by atoms with van der Waals surface area (Å²) >= 11 is 0. The molecule has 2 aliphatic rings. The monoisotopic (exact) mass is 357 g/mol. The van der Waals surface area contributed by atoms with Crippen molar-refractivity contribution >= 4 is 21.8 Å². The second-order valence-corrected chi connectivity index (χ2v) is 7.83. The van der Waals surface area contributed by atoms with Gasteiger partial charge in [-0.2, -0.15) is 8.42 Å². The quantitative estimate of drug-likeness (QED) is 0.823. The largest absolute Gasteiger partial charge is 0.506 e. The molecule has 9 heteroatoms. The van der Waals surface area contributed by atoms with Crippen LogP contribution in [-0.2, 0) is 21.4 Å². The first kappa shape index (κ1) is 17.0. The van der Waals surface area contributed by atoms with Crippen LogP contribution in [0.15, 0.2) is 12.1 Å². The molecule has 1 unspecified atom stereocenters. The number of hydrogen-bond donors (Lipinski definition) is 2. The van der Waals surface area contributed by atoms with Crippen LogP contribution in [-0.4, -0.2) is 50.5 Å². The maximum atomic E-state index is 14.4. The van der Waals surface area contributed by atoms with Crippen LogP contribution < -0.4 is 9.03 Å². The zero-order valence-corrected chi connectivity index (χ0v) is 14.1. The van der Waals surface area contributed by atoms with Gasteiger partial charge in [-0.3, -0.25) is 4.79 Å². The summed E-state index contributed by atoms with van der Waals surface area (Å²) in [6, 6.07) is 2.62. The Hall–Kier alpha value is -1.87. The molecular formula is C15H20FN3O4S. The molecule has 24 heavy (non-hydrogen) atoms. The van der Waals surface area contributed by atoms with Gasteiger partial charge in [-0.15, -0.1) is 0 Å². The van der Waals surface area contributed by atoms with Gasteiger partial charge in [0.2, 0.25) is 0 Å². The highest BCUT2D eigenvalue weighted by atomic mass is 32.2. The van der Waals surface area contributed by atoms with E-state index in [9.17, 15) is 22.7 Å². The Morgan fingerprint density at radius 2 is 2.17 bits per heavy atom. The smallest absolute Gasteiger partial charge is 0.326 e. The van der Waals surface area contributed by atoms with E-state index < -0.39 is 39.9 Å². The summed E-state index contributed by atoms with van der Waals surface area (Å²) in [6.45, 7) is 4.46. The molecule has 0 saturated carbocycles. The summed E-state index contributed by atoms with van der Waals surface area (Å²) in [4.78, 5) is 13.6. The molecule has 0 radical (unpaired) electrons. The number of nitrogens with one attached hydrogen (secondary N) is 1. The minimum Gasteiger partial charge on any atom is -0.506 e. The first-order chi connectivity index (χ1) is 11.3. The summed E-state index contributed by atoms with van der Waals surface area (Å²) < 4.78 is 40.4. The van der Waals surface area contributed by atoms with Gasteiger partial charge in [-0.05, 0) is 49.5 Å². The number of likely N-dealkylation sites (tertiary alicyclic amines) is 1. The zero-order valence-electron chi connectivity index (χ0n) is 13.3. The van der Waals surface area contributed by atoms with Gasteiger partial charge in [0.1, 0.15) is 18.0 Å². The lowest BCUT2D eigenvalue weighted by Gasteiger charge is -2.18. The highest BCUT2D eigenvalue weighted by molar-refractivity contribution is 7.92. The molecule has 2 N–H and O–H groups in total. The lowest BCUT2D eigenvalue weighted by atomic mass is 9.98. The maximum Gasteiger partial charge on any atom is 0.326 e. The summed E-state index contributed by atoms with van der Waals surface area (Å²) in [5, 5.41) is 10.1. The molecule has 1 aromatic rings. The van der Waals surface area contributed by atoms with Crippen molar-refractivity contribution in [2.75, 3.05) is 30.5 Å². The van der Waals surface area contributed by atoms with Gasteiger partial charge in [-0.1, -0.05) is 6.92 Å².